The van der Waals surface area contributed by atoms with Crippen LogP contribution >= 0.6 is 23.1 Å². The summed E-state index contributed by atoms with van der Waals surface area (Å²) in [7, 11) is 0. The highest BCUT2D eigenvalue weighted by atomic mass is 32.2. The van der Waals surface area contributed by atoms with E-state index in [4.69, 9.17) is 4.74 Å². The number of thiophene rings is 1. The van der Waals surface area contributed by atoms with Gasteiger partial charge in [0.1, 0.15) is 10.1 Å². The Kier molecular flexibility index (Phi) is 5.41. The topological polar surface area (TPSA) is 72.0 Å². The van der Waals surface area contributed by atoms with Gasteiger partial charge in [-0.1, -0.05) is 25.1 Å². The number of thioether (sulfide) groups is 1. The van der Waals surface area contributed by atoms with Crippen LogP contribution in [0.4, 0.5) is 0 Å². The molecule has 114 valence electrons. The van der Waals surface area contributed by atoms with Gasteiger partial charge < -0.3 is 9.72 Å². The lowest BCUT2D eigenvalue weighted by Gasteiger charge is -2.10. The summed E-state index contributed by atoms with van der Waals surface area (Å²) in [5.74, 6) is -0.279. The predicted molar refractivity (Wildman–Crippen MR) is 86.2 cm³/mol. The minimum absolute atomic E-state index is 0.168. The van der Waals surface area contributed by atoms with Crippen LogP contribution in [0.3, 0.4) is 0 Å². The van der Waals surface area contributed by atoms with Crippen LogP contribution in [0, 0.1) is 6.92 Å². The molecule has 1 atom stereocenters. The fourth-order valence-corrected chi connectivity index (χ4v) is 3.47. The Balaban J connectivity index is 2.08. The molecule has 2 heterocycles. The van der Waals surface area contributed by atoms with E-state index in [1.807, 2.05) is 19.9 Å². The molecule has 0 spiro atoms. The van der Waals surface area contributed by atoms with Crippen LogP contribution in [0.15, 0.2) is 16.0 Å². The Labute approximate surface area is 131 Å². The maximum atomic E-state index is 12.0. The maximum absolute atomic E-state index is 12.0. The van der Waals surface area contributed by atoms with E-state index in [1.54, 1.807) is 6.92 Å². The normalized spacial score (nSPS) is 12.5. The quantitative estimate of drug-likeness (QED) is 0.382. The smallest absolute Gasteiger partial charge is 0.319 e. The van der Waals surface area contributed by atoms with Crippen LogP contribution in [0.1, 0.15) is 31.6 Å². The predicted octanol–water partition coefficient (Wildman–Crippen LogP) is 3.12. The number of nitrogens with one attached hydrogen (secondary N) is 1. The van der Waals surface area contributed by atoms with E-state index in [0.29, 0.717) is 22.0 Å². The van der Waals surface area contributed by atoms with Gasteiger partial charge in [0, 0.05) is 4.88 Å². The molecule has 2 aromatic rings. The summed E-state index contributed by atoms with van der Waals surface area (Å²) in [5, 5.41) is 0.651. The lowest BCUT2D eigenvalue weighted by molar-refractivity contribution is -0.142. The third kappa shape index (κ3) is 4.07. The third-order valence-electron chi connectivity index (χ3n) is 2.87. The third-order valence-corrected chi connectivity index (χ3v) is 4.77. The van der Waals surface area contributed by atoms with E-state index >= 15 is 0 Å². The number of H-pyrrole nitrogens is 1. The van der Waals surface area contributed by atoms with Crippen LogP contribution in [-0.2, 0) is 9.53 Å². The molecule has 0 saturated carbocycles. The minimum atomic E-state index is -0.400. The van der Waals surface area contributed by atoms with Crippen LogP contribution in [0.5, 0.6) is 0 Å². The number of fused-ring (bicyclic) bond motifs is 1. The Bertz CT molecular complexity index is 693. The number of aryl methyl sites for hydroxylation is 1. The summed E-state index contributed by atoms with van der Waals surface area (Å²) in [6.45, 7) is 6.17. The number of hydrogen-bond donors (Lipinski definition) is 1. The Hall–Kier alpha value is -1.34. The van der Waals surface area contributed by atoms with Gasteiger partial charge in [0.2, 0.25) is 0 Å². The molecule has 0 saturated heterocycles. The molecule has 0 amide bonds. The first-order valence-electron chi connectivity index (χ1n) is 6.85. The van der Waals surface area contributed by atoms with Crippen molar-refractivity contribution in [1.82, 2.24) is 9.97 Å². The Morgan fingerprint density at radius 1 is 1.57 bits per heavy atom. The molecule has 21 heavy (non-hydrogen) atoms. The largest absolute Gasteiger partial charge is 0.465 e. The highest BCUT2D eigenvalue weighted by molar-refractivity contribution is 8.00. The van der Waals surface area contributed by atoms with Gasteiger partial charge in [-0.3, -0.25) is 9.59 Å². The molecule has 0 aliphatic rings. The second kappa shape index (κ2) is 7.09. The van der Waals surface area contributed by atoms with Crippen molar-refractivity contribution >= 4 is 39.3 Å². The van der Waals surface area contributed by atoms with Gasteiger partial charge in [-0.2, -0.15) is 0 Å². The van der Waals surface area contributed by atoms with Crippen molar-refractivity contribution in [1.29, 1.82) is 0 Å². The number of ether oxygens (including phenoxy) is 1. The molecule has 0 bridgehead atoms. The van der Waals surface area contributed by atoms with Gasteiger partial charge in [0.15, 0.2) is 5.16 Å². The molecule has 2 rings (SSSR count). The summed E-state index contributed by atoms with van der Waals surface area (Å²) in [5.41, 5.74) is -0.168. The van der Waals surface area contributed by atoms with Crippen LogP contribution < -0.4 is 5.56 Å². The average Bonchev–Trinajstić information content (AvgIpc) is 2.80. The molecule has 2 aromatic heterocycles. The summed E-state index contributed by atoms with van der Waals surface area (Å²) in [6.07, 6.45) is 1.84. The van der Waals surface area contributed by atoms with Crippen molar-refractivity contribution in [3.8, 4) is 0 Å². The summed E-state index contributed by atoms with van der Waals surface area (Å²) >= 11 is 2.69. The zero-order valence-electron chi connectivity index (χ0n) is 12.3. The highest BCUT2D eigenvalue weighted by Crippen LogP contribution is 2.25. The van der Waals surface area contributed by atoms with Crippen LogP contribution in [0.2, 0.25) is 0 Å². The number of aromatic amines is 1. The fourth-order valence-electron chi connectivity index (χ4n) is 1.74. The van der Waals surface area contributed by atoms with Crippen molar-refractivity contribution in [2.45, 2.75) is 44.0 Å². The number of carbonyl (C=O) groups is 1. The second-order valence-electron chi connectivity index (χ2n) is 4.73. The van der Waals surface area contributed by atoms with Gasteiger partial charge in [0.25, 0.3) is 5.56 Å². The van der Waals surface area contributed by atoms with Gasteiger partial charge in [-0.05, 0) is 26.3 Å². The first-order valence-corrected chi connectivity index (χ1v) is 8.54. The lowest BCUT2D eigenvalue weighted by Crippen LogP contribution is -2.19. The number of unbranched alkanes of at least 4 members (excludes halogenated alkanes) is 1. The number of carbonyl (C=O) groups excluding carboxylic acids is 1. The molecule has 0 aromatic carbocycles. The summed E-state index contributed by atoms with van der Waals surface area (Å²) in [6, 6.07) is 1.82. The van der Waals surface area contributed by atoms with Crippen LogP contribution in [-0.4, -0.2) is 27.8 Å². The zero-order valence-corrected chi connectivity index (χ0v) is 13.9. The number of esters is 1. The Morgan fingerprint density at radius 2 is 2.33 bits per heavy atom. The minimum Gasteiger partial charge on any atom is -0.465 e. The van der Waals surface area contributed by atoms with E-state index in [2.05, 4.69) is 9.97 Å². The molecule has 1 unspecified atom stereocenters. The van der Waals surface area contributed by atoms with Crippen molar-refractivity contribution in [2.75, 3.05) is 6.61 Å². The molecular weight excluding hydrogens is 308 g/mol. The zero-order chi connectivity index (χ0) is 15.4. The van der Waals surface area contributed by atoms with Crippen molar-refractivity contribution in [3.63, 3.8) is 0 Å². The van der Waals surface area contributed by atoms with E-state index in [-0.39, 0.29) is 11.5 Å². The highest BCUT2D eigenvalue weighted by Gasteiger charge is 2.18. The Morgan fingerprint density at radius 3 is 3.05 bits per heavy atom. The van der Waals surface area contributed by atoms with E-state index < -0.39 is 5.25 Å². The fraction of sp³-hybridized carbons (Fsp3) is 0.500. The first-order chi connectivity index (χ1) is 10.0. The first kappa shape index (κ1) is 16.0. The SMILES string of the molecule is CCCCOC(=O)C(C)Sc1nc2sc(C)cc2c(=O)[nH]1. The standard InChI is InChI=1S/C14H18N2O3S2/c1-4-5-6-19-13(18)9(3)21-14-15-11(17)10-7-8(2)20-12(10)16-14/h7,9H,4-6H2,1-3H3,(H,15,16,17). The summed E-state index contributed by atoms with van der Waals surface area (Å²) < 4.78 is 5.16. The number of aromatic nitrogens is 2. The van der Waals surface area contributed by atoms with Crippen molar-refractivity contribution < 1.29 is 9.53 Å². The summed E-state index contributed by atoms with van der Waals surface area (Å²) in [4.78, 5) is 32.6. The number of nitrogens with zero attached hydrogens (tertiary/aromatic N) is 1. The van der Waals surface area contributed by atoms with Crippen LogP contribution in [0.25, 0.3) is 10.2 Å². The van der Waals surface area contributed by atoms with Crippen molar-refractivity contribution in [3.05, 3.63) is 21.3 Å². The second-order valence-corrected chi connectivity index (χ2v) is 7.29. The molecule has 5 nitrogen and oxygen atoms in total. The average molecular weight is 326 g/mol. The molecule has 0 fully saturated rings. The number of rotatable bonds is 6. The van der Waals surface area contributed by atoms with Crippen molar-refractivity contribution in [2.24, 2.45) is 0 Å². The molecule has 0 aliphatic carbocycles. The monoisotopic (exact) mass is 326 g/mol. The van der Waals surface area contributed by atoms with Gasteiger partial charge in [-0.25, -0.2) is 4.98 Å². The van der Waals surface area contributed by atoms with E-state index in [1.165, 1.54) is 23.1 Å². The van der Waals surface area contributed by atoms with E-state index in [0.717, 1.165) is 17.7 Å². The maximum Gasteiger partial charge on any atom is 0.319 e. The van der Waals surface area contributed by atoms with Gasteiger partial charge in [-0.15, -0.1) is 11.3 Å². The molecule has 0 aliphatic heterocycles. The molecule has 0 radical (unpaired) electrons. The van der Waals surface area contributed by atoms with E-state index in [9.17, 15) is 9.59 Å². The molecule has 1 N–H and O–H groups in total. The molecular formula is C14H18N2O3S2. The number of hydrogen-bond acceptors (Lipinski definition) is 6. The van der Waals surface area contributed by atoms with Gasteiger partial charge >= 0.3 is 5.97 Å². The molecule has 7 heteroatoms. The van der Waals surface area contributed by atoms with Gasteiger partial charge in [0.05, 0.1) is 12.0 Å². The lowest BCUT2D eigenvalue weighted by atomic mass is 10.4.